The van der Waals surface area contributed by atoms with E-state index >= 15 is 0 Å². The maximum Gasteiger partial charge on any atom is 0.326 e. The summed E-state index contributed by atoms with van der Waals surface area (Å²) in [5.41, 5.74) is 4.49. The van der Waals surface area contributed by atoms with Crippen LogP contribution in [0.4, 0.5) is 20.6 Å². The molecule has 2 saturated heterocycles. The number of hydrogen-bond acceptors (Lipinski definition) is 4. The van der Waals surface area contributed by atoms with Crippen LogP contribution in [-0.4, -0.2) is 63.0 Å². The van der Waals surface area contributed by atoms with Gasteiger partial charge in [0.2, 0.25) is 0 Å². The van der Waals surface area contributed by atoms with Crippen LogP contribution in [0.1, 0.15) is 65.7 Å². The lowest BCUT2D eigenvalue weighted by Crippen LogP contribution is -2.45. The van der Waals surface area contributed by atoms with Crippen molar-refractivity contribution in [3.05, 3.63) is 114 Å². The number of urea groups is 1. The molecule has 0 radical (unpaired) electrons. The number of anilines is 2. The van der Waals surface area contributed by atoms with Crippen molar-refractivity contribution in [1.82, 2.24) is 19.4 Å². The number of amides is 3. The van der Waals surface area contributed by atoms with E-state index in [0.29, 0.717) is 43.4 Å². The summed E-state index contributed by atoms with van der Waals surface area (Å²) in [6.07, 6.45) is 6.28. The normalized spacial score (nSPS) is 20.7. The lowest BCUT2D eigenvalue weighted by molar-refractivity contribution is 0.0728. The lowest BCUT2D eigenvalue weighted by atomic mass is 9.95. The molecule has 7 rings (SSSR count). The zero-order valence-corrected chi connectivity index (χ0v) is 26.3. The van der Waals surface area contributed by atoms with E-state index in [1.54, 1.807) is 17.0 Å². The Bertz CT molecular complexity index is 1660. The first-order chi connectivity index (χ1) is 22.4. The highest BCUT2D eigenvalue weighted by molar-refractivity contribution is 6.01. The molecule has 8 nitrogen and oxygen atoms in total. The highest BCUT2D eigenvalue weighted by Gasteiger charge is 2.42. The molecule has 9 heteroatoms. The summed E-state index contributed by atoms with van der Waals surface area (Å²) < 4.78 is 15.9. The van der Waals surface area contributed by atoms with Crippen LogP contribution in [0.2, 0.25) is 0 Å². The molecule has 0 saturated carbocycles. The van der Waals surface area contributed by atoms with Gasteiger partial charge >= 0.3 is 6.03 Å². The molecule has 238 valence electrons. The predicted molar refractivity (Wildman–Crippen MR) is 177 cm³/mol. The summed E-state index contributed by atoms with van der Waals surface area (Å²) in [6, 6.07) is 26.3. The van der Waals surface area contributed by atoms with E-state index in [9.17, 15) is 14.0 Å². The van der Waals surface area contributed by atoms with Gasteiger partial charge in [0.15, 0.2) is 0 Å². The Labute approximate surface area is 269 Å². The number of para-hydroxylation sites is 1. The topological polar surface area (TPSA) is 73.7 Å². The number of imidazole rings is 1. The third-order valence-electron chi connectivity index (χ3n) is 9.97. The van der Waals surface area contributed by atoms with Crippen LogP contribution < -0.4 is 10.2 Å². The van der Waals surface area contributed by atoms with Crippen molar-refractivity contribution in [2.24, 2.45) is 0 Å². The fourth-order valence-corrected chi connectivity index (χ4v) is 7.87. The molecule has 0 aliphatic carbocycles. The minimum Gasteiger partial charge on any atom is -0.332 e. The molecule has 2 unspecified atom stereocenters. The third kappa shape index (κ3) is 6.16. The number of aryl methyl sites for hydroxylation is 1. The van der Waals surface area contributed by atoms with Crippen LogP contribution in [0.25, 0.3) is 0 Å². The van der Waals surface area contributed by atoms with Gasteiger partial charge in [-0.25, -0.2) is 14.2 Å². The molecular weight excluding hydrogens is 579 g/mol. The molecule has 2 fully saturated rings. The minimum atomic E-state index is -0.332. The van der Waals surface area contributed by atoms with Gasteiger partial charge in [-0.2, -0.15) is 0 Å². The van der Waals surface area contributed by atoms with Crippen LogP contribution >= 0.6 is 0 Å². The second-order valence-electron chi connectivity index (χ2n) is 12.8. The molecule has 3 aliphatic rings. The molecule has 1 N–H and O–H groups in total. The Balaban J connectivity index is 0.986. The highest BCUT2D eigenvalue weighted by atomic mass is 19.1. The number of carbonyl (C=O) groups is 2. The largest absolute Gasteiger partial charge is 0.332 e. The van der Waals surface area contributed by atoms with Crippen molar-refractivity contribution >= 4 is 23.3 Å². The molecule has 2 atom stereocenters. The number of aromatic nitrogens is 2. The zero-order chi connectivity index (χ0) is 31.6. The van der Waals surface area contributed by atoms with Gasteiger partial charge in [0, 0.05) is 66.8 Å². The molecule has 3 aliphatic heterocycles. The number of benzene rings is 3. The average Bonchev–Trinajstić information content (AvgIpc) is 3.53. The number of piperidine rings is 1. The van der Waals surface area contributed by atoms with Gasteiger partial charge in [-0.05, 0) is 87.6 Å². The van der Waals surface area contributed by atoms with E-state index in [1.807, 2.05) is 65.6 Å². The lowest BCUT2D eigenvalue weighted by Gasteiger charge is -2.41. The Morgan fingerprint density at radius 1 is 0.913 bits per heavy atom. The average molecular weight is 621 g/mol. The summed E-state index contributed by atoms with van der Waals surface area (Å²) in [7, 11) is 0. The van der Waals surface area contributed by atoms with Crippen LogP contribution in [-0.2, 0) is 13.0 Å². The SMILES string of the molecule is Cc1nc2c(n1C1CC3CCC(C1)N3CCCN(C(=O)Nc1ccc(F)cc1)c1ccccc1)CCN(C(=O)c1ccccc1)C2. The number of halogens is 1. The number of carbonyl (C=O) groups excluding carboxylic acids is 2. The fraction of sp³-hybridized carbons (Fsp3) is 0.378. The first-order valence-corrected chi connectivity index (χ1v) is 16.5. The van der Waals surface area contributed by atoms with E-state index in [-0.39, 0.29) is 17.8 Å². The molecule has 3 aromatic carbocycles. The number of hydrogen-bond donors (Lipinski definition) is 1. The van der Waals surface area contributed by atoms with Crippen molar-refractivity contribution in [1.29, 1.82) is 0 Å². The van der Waals surface area contributed by atoms with Gasteiger partial charge in [0.1, 0.15) is 11.6 Å². The molecule has 0 spiro atoms. The molecular formula is C37H41FN6O2. The minimum absolute atomic E-state index is 0.0728. The molecule has 3 amide bonds. The Hall–Kier alpha value is -4.50. The van der Waals surface area contributed by atoms with Crippen LogP contribution in [0.3, 0.4) is 0 Å². The van der Waals surface area contributed by atoms with Crippen LogP contribution in [0.5, 0.6) is 0 Å². The van der Waals surface area contributed by atoms with Crippen LogP contribution in [0.15, 0.2) is 84.9 Å². The smallest absolute Gasteiger partial charge is 0.326 e. The number of nitrogens with zero attached hydrogens (tertiary/aromatic N) is 5. The molecule has 46 heavy (non-hydrogen) atoms. The van der Waals surface area contributed by atoms with Crippen molar-refractivity contribution in [3.63, 3.8) is 0 Å². The zero-order valence-electron chi connectivity index (χ0n) is 26.3. The van der Waals surface area contributed by atoms with Gasteiger partial charge in [-0.1, -0.05) is 36.4 Å². The van der Waals surface area contributed by atoms with E-state index < -0.39 is 0 Å². The first kappa shape index (κ1) is 30.2. The predicted octanol–water partition coefficient (Wildman–Crippen LogP) is 6.83. The van der Waals surface area contributed by atoms with Gasteiger partial charge in [-0.3, -0.25) is 14.6 Å². The van der Waals surface area contributed by atoms with Gasteiger partial charge in [0.25, 0.3) is 5.91 Å². The second kappa shape index (κ2) is 13.1. The molecule has 4 heterocycles. The van der Waals surface area contributed by atoms with Crippen molar-refractivity contribution in [2.75, 3.05) is 29.9 Å². The van der Waals surface area contributed by atoms with Crippen LogP contribution in [0, 0.1) is 12.7 Å². The molecule has 4 aromatic rings. The standard InChI is InChI=1S/C37H41FN6O2/c1-26-39-34-25-41(36(45)27-9-4-2-5-10-27)22-19-35(34)44(26)33-23-31-17-18-32(24-33)42(31)20-8-21-43(30-11-6-3-7-12-30)37(46)40-29-15-13-28(38)14-16-29/h2-7,9-16,31-33H,8,17-25H2,1H3,(H,40,46). The highest BCUT2D eigenvalue weighted by Crippen LogP contribution is 2.42. The first-order valence-electron chi connectivity index (χ1n) is 16.5. The van der Waals surface area contributed by atoms with Gasteiger partial charge in [0.05, 0.1) is 12.2 Å². The summed E-state index contributed by atoms with van der Waals surface area (Å²) >= 11 is 0. The second-order valence-corrected chi connectivity index (χ2v) is 12.8. The number of rotatable bonds is 8. The molecule has 2 bridgehead atoms. The Kier molecular flexibility index (Phi) is 8.58. The molecule has 1 aromatic heterocycles. The van der Waals surface area contributed by atoms with E-state index in [0.717, 1.165) is 55.0 Å². The summed E-state index contributed by atoms with van der Waals surface area (Å²) in [6.45, 7) is 4.92. The van der Waals surface area contributed by atoms with Crippen molar-refractivity contribution in [3.8, 4) is 0 Å². The fourth-order valence-electron chi connectivity index (χ4n) is 7.87. The van der Waals surface area contributed by atoms with E-state index in [4.69, 9.17) is 4.98 Å². The summed E-state index contributed by atoms with van der Waals surface area (Å²) in [5.74, 6) is 0.799. The van der Waals surface area contributed by atoms with Gasteiger partial charge in [-0.15, -0.1) is 0 Å². The van der Waals surface area contributed by atoms with E-state index in [1.165, 1.54) is 30.7 Å². The van der Waals surface area contributed by atoms with E-state index in [2.05, 4.69) is 21.7 Å². The maximum atomic E-state index is 13.4. The number of nitrogens with one attached hydrogen (secondary N) is 1. The monoisotopic (exact) mass is 620 g/mol. The van der Waals surface area contributed by atoms with Gasteiger partial charge < -0.3 is 14.8 Å². The summed E-state index contributed by atoms with van der Waals surface area (Å²) in [4.78, 5) is 37.8. The summed E-state index contributed by atoms with van der Waals surface area (Å²) in [5, 5.41) is 2.93. The maximum absolute atomic E-state index is 13.4. The van der Waals surface area contributed by atoms with Crippen molar-refractivity contribution < 1.29 is 14.0 Å². The number of fused-ring (bicyclic) bond motifs is 3. The van der Waals surface area contributed by atoms with Crippen molar-refractivity contribution in [2.45, 2.75) is 70.1 Å². The Morgan fingerprint density at radius 2 is 1.59 bits per heavy atom. The quantitative estimate of drug-likeness (QED) is 0.235. The Morgan fingerprint density at radius 3 is 2.28 bits per heavy atom. The third-order valence-corrected chi connectivity index (χ3v) is 9.97.